The first-order chi connectivity index (χ1) is 40.2. The van der Waals surface area contributed by atoms with Crippen molar-refractivity contribution in [2.45, 2.75) is 113 Å². The van der Waals surface area contributed by atoms with Gasteiger partial charge in [0, 0.05) is 72.3 Å². The van der Waals surface area contributed by atoms with Crippen LogP contribution >= 0.6 is 0 Å². The van der Waals surface area contributed by atoms with Gasteiger partial charge < -0.3 is 47.7 Å². The van der Waals surface area contributed by atoms with E-state index in [1.54, 1.807) is 62.1 Å². The Bertz CT molecular complexity index is 3280. The number of nitrogens with two attached hydrogens (primary N) is 3. The van der Waals surface area contributed by atoms with Crippen LogP contribution in [0.5, 0.6) is 0 Å². The van der Waals surface area contributed by atoms with Crippen LogP contribution < -0.4 is 33.2 Å². The first-order valence-corrected chi connectivity index (χ1v) is 28.9. The van der Waals surface area contributed by atoms with Crippen LogP contribution in [0.25, 0.3) is 21.5 Å². The number of hydrogen-bond acceptors (Lipinski definition) is 11. The second kappa shape index (κ2) is 27.8. The Morgan fingerprint density at radius 2 is 1.06 bits per heavy atom. The Morgan fingerprint density at radius 3 is 1.51 bits per heavy atom. The maximum Gasteiger partial charge on any atom is 0.245 e. The van der Waals surface area contributed by atoms with Crippen LogP contribution in [0.15, 0.2) is 133 Å². The lowest BCUT2D eigenvalue weighted by molar-refractivity contribution is -0.144. The second-order valence-corrected chi connectivity index (χ2v) is 23.1. The topological polar surface area (TPSA) is 239 Å². The Morgan fingerprint density at radius 1 is 0.619 bits per heavy atom. The normalized spacial score (nSPS) is 18.6. The first kappa shape index (κ1) is 62.4. The molecule has 0 spiro atoms. The van der Waals surface area contributed by atoms with Gasteiger partial charge in [-0.05, 0) is 114 Å². The van der Waals surface area contributed by atoms with E-state index >= 15 is 0 Å². The number of likely N-dealkylation sites (N-methyl/N-ethyl adjacent to an activating group) is 1. The van der Waals surface area contributed by atoms with Crippen molar-refractivity contribution in [3.63, 3.8) is 0 Å². The molecular formula is C65H80F2N10O7. The molecule has 2 heterocycles. The molecule has 1 saturated carbocycles. The molecule has 1 aliphatic carbocycles. The number of piperazine rings is 2. The van der Waals surface area contributed by atoms with E-state index in [4.69, 9.17) is 21.9 Å². The van der Waals surface area contributed by atoms with Crippen molar-refractivity contribution < 1.29 is 42.3 Å². The standard InChI is InChI=1S/C33H40FN5O4.C32H40FN5O3/c1-36-30(40)29(19-23-7-10-24-5-3-4-6-25(24)17-23)38-15-16-39(27(20-38)21-43-2)31(41)28(37-32(42)33(35)13-14-33)18-22-8-11-26(34)12-9-22;1-4-26-20-37(28(29(34)39)19-22-9-12-23-7-5-6-8-24(23)17-22)15-16-38(26)30(40)27(36-31(41)32(2,3)35)18-21-10-13-25(33)14-11-21/h3-12,17,27-29H,13-16,18-21,35H2,1-2H3,(H,36,40)(H,37,42);5-14,17,26-28H,4,15-16,18-20,35H2,1-3H3,(H2,34,39)(H,36,41). The maximum absolute atomic E-state index is 14.1. The highest BCUT2D eigenvalue weighted by Crippen LogP contribution is 2.33. The average molecular weight is 1150 g/mol. The quantitative estimate of drug-likeness (QED) is 0.0574. The summed E-state index contributed by atoms with van der Waals surface area (Å²) < 4.78 is 32.6. The third-order valence-electron chi connectivity index (χ3n) is 16.4. The fourth-order valence-corrected chi connectivity index (χ4v) is 11.3. The summed E-state index contributed by atoms with van der Waals surface area (Å²) in [4.78, 5) is 87.2. The predicted octanol–water partition coefficient (Wildman–Crippen LogP) is 4.78. The summed E-state index contributed by atoms with van der Waals surface area (Å²) in [5.41, 5.74) is 19.4. The molecule has 446 valence electrons. The van der Waals surface area contributed by atoms with Gasteiger partial charge in [-0.2, -0.15) is 0 Å². The molecule has 3 fully saturated rings. The molecule has 19 heteroatoms. The van der Waals surface area contributed by atoms with Gasteiger partial charge in [0.25, 0.3) is 0 Å². The smallest absolute Gasteiger partial charge is 0.245 e. The molecule has 3 aliphatic rings. The molecule has 17 nitrogen and oxygen atoms in total. The van der Waals surface area contributed by atoms with Gasteiger partial charge in [-0.1, -0.05) is 116 Å². The summed E-state index contributed by atoms with van der Waals surface area (Å²) in [6.07, 6.45) is 3.18. The fraction of sp³-hybridized carbons (Fsp3) is 0.415. The van der Waals surface area contributed by atoms with Crippen LogP contribution in [-0.2, 0) is 59.2 Å². The molecule has 84 heavy (non-hydrogen) atoms. The summed E-state index contributed by atoms with van der Waals surface area (Å²) in [6, 6.07) is 37.1. The highest BCUT2D eigenvalue weighted by molar-refractivity contribution is 5.94. The van der Waals surface area contributed by atoms with Crippen LogP contribution in [0.2, 0.25) is 0 Å². The molecule has 6 amide bonds. The highest BCUT2D eigenvalue weighted by Gasteiger charge is 2.48. The summed E-state index contributed by atoms with van der Waals surface area (Å²) in [5.74, 6) is -2.54. The van der Waals surface area contributed by atoms with Crippen molar-refractivity contribution in [2.75, 3.05) is 60.0 Å². The van der Waals surface area contributed by atoms with Gasteiger partial charge >= 0.3 is 0 Å². The Hall–Kier alpha value is -7.68. The van der Waals surface area contributed by atoms with E-state index in [1.165, 1.54) is 24.3 Å². The van der Waals surface area contributed by atoms with Gasteiger partial charge in [-0.25, -0.2) is 8.78 Å². The Labute approximate surface area is 490 Å². The minimum atomic E-state index is -1.18. The lowest BCUT2D eigenvalue weighted by atomic mass is 9.97. The molecular weight excluding hydrogens is 1070 g/mol. The van der Waals surface area contributed by atoms with Crippen LogP contribution in [0.4, 0.5) is 8.78 Å². The number of hydrogen-bond donors (Lipinski definition) is 6. The summed E-state index contributed by atoms with van der Waals surface area (Å²) >= 11 is 0. The zero-order valence-electron chi connectivity index (χ0n) is 48.7. The molecule has 6 unspecified atom stereocenters. The number of benzene rings is 6. The second-order valence-electron chi connectivity index (χ2n) is 23.1. The minimum absolute atomic E-state index is 0.0942. The minimum Gasteiger partial charge on any atom is -0.382 e. The van der Waals surface area contributed by atoms with E-state index in [9.17, 15) is 37.5 Å². The van der Waals surface area contributed by atoms with Gasteiger partial charge in [0.15, 0.2) is 0 Å². The average Bonchev–Trinajstić information content (AvgIpc) is 3.16. The van der Waals surface area contributed by atoms with E-state index in [0.717, 1.165) is 43.8 Å². The molecule has 2 aliphatic heterocycles. The number of carbonyl (C=O) groups is 6. The highest BCUT2D eigenvalue weighted by atomic mass is 19.1. The molecule has 9 N–H and O–H groups in total. The number of halogens is 2. The van der Waals surface area contributed by atoms with Crippen molar-refractivity contribution in [3.05, 3.63) is 167 Å². The zero-order valence-corrected chi connectivity index (χ0v) is 48.7. The number of ether oxygens (including phenoxy) is 1. The van der Waals surface area contributed by atoms with Crippen LogP contribution in [0.1, 0.15) is 62.3 Å². The van der Waals surface area contributed by atoms with Crippen molar-refractivity contribution in [2.24, 2.45) is 17.2 Å². The third-order valence-corrected chi connectivity index (χ3v) is 16.4. The van der Waals surface area contributed by atoms with Crippen molar-refractivity contribution in [1.29, 1.82) is 0 Å². The molecule has 6 atom stereocenters. The van der Waals surface area contributed by atoms with Crippen molar-refractivity contribution in [1.82, 2.24) is 35.6 Å². The number of rotatable bonds is 21. The summed E-state index contributed by atoms with van der Waals surface area (Å²) in [5, 5.41) is 13.0. The van der Waals surface area contributed by atoms with Crippen LogP contribution in [0, 0.1) is 11.6 Å². The van der Waals surface area contributed by atoms with E-state index in [2.05, 4.69) is 62.1 Å². The van der Waals surface area contributed by atoms with Crippen LogP contribution in [0.3, 0.4) is 0 Å². The SMILES string of the molecule is CCC1CN(C(Cc2ccc3ccccc3c2)C(N)=O)CCN1C(=O)C(Cc1ccc(F)cc1)NC(=O)C(C)(C)N.CNC(=O)C(Cc1ccc2ccccc2c1)N1CCN(C(=O)C(Cc2ccc(F)cc2)NC(=O)C2(N)CC2)C(COC)C1. The summed E-state index contributed by atoms with van der Waals surface area (Å²) in [7, 11) is 3.21. The predicted molar refractivity (Wildman–Crippen MR) is 321 cm³/mol. The zero-order chi connectivity index (χ0) is 60.3. The van der Waals surface area contributed by atoms with E-state index in [1.807, 2.05) is 55.5 Å². The van der Waals surface area contributed by atoms with Crippen LogP contribution in [-0.4, -0.2) is 162 Å². The monoisotopic (exact) mass is 1150 g/mol. The number of amides is 6. The number of primary amides is 1. The number of nitrogens with one attached hydrogen (secondary N) is 3. The largest absolute Gasteiger partial charge is 0.382 e. The molecule has 0 bridgehead atoms. The van der Waals surface area contributed by atoms with E-state index in [0.29, 0.717) is 71.4 Å². The van der Waals surface area contributed by atoms with Crippen molar-refractivity contribution in [3.8, 4) is 0 Å². The lowest BCUT2D eigenvalue weighted by Crippen LogP contribution is -2.64. The van der Waals surface area contributed by atoms with E-state index in [-0.39, 0.29) is 66.8 Å². The van der Waals surface area contributed by atoms with Gasteiger partial charge in [-0.15, -0.1) is 0 Å². The molecule has 6 aromatic rings. The van der Waals surface area contributed by atoms with E-state index < -0.39 is 47.1 Å². The Kier molecular flexibility index (Phi) is 20.6. The van der Waals surface area contributed by atoms with Gasteiger partial charge in [0.05, 0.1) is 35.8 Å². The number of nitrogens with zero attached hydrogens (tertiary/aromatic N) is 4. The lowest BCUT2D eigenvalue weighted by Gasteiger charge is -2.44. The molecule has 9 rings (SSSR count). The first-order valence-electron chi connectivity index (χ1n) is 28.9. The molecule has 6 aromatic carbocycles. The van der Waals surface area contributed by atoms with Crippen molar-refractivity contribution >= 4 is 57.0 Å². The Balaban J connectivity index is 0.000000219. The third kappa shape index (κ3) is 15.9. The molecule has 2 saturated heterocycles. The van der Waals surface area contributed by atoms with Gasteiger partial charge in [-0.3, -0.25) is 38.6 Å². The number of methoxy groups -OCH3 is 1. The number of fused-ring (bicyclic) bond motifs is 2. The molecule has 0 radical (unpaired) electrons. The van der Waals surface area contributed by atoms with Gasteiger partial charge in [0.1, 0.15) is 23.7 Å². The molecule has 0 aromatic heterocycles. The fourth-order valence-electron chi connectivity index (χ4n) is 11.3. The maximum atomic E-state index is 14.1. The van der Waals surface area contributed by atoms with Gasteiger partial charge in [0.2, 0.25) is 35.4 Å². The number of carbonyl (C=O) groups excluding carboxylic acids is 6. The summed E-state index contributed by atoms with van der Waals surface area (Å²) in [6.45, 7) is 7.96.